The van der Waals surface area contributed by atoms with Crippen LogP contribution in [0.1, 0.15) is 156 Å². The first-order chi connectivity index (χ1) is 37.5. The Bertz CT molecular complexity index is 4330. The van der Waals surface area contributed by atoms with Gasteiger partial charge in [-0.15, -0.1) is 0 Å². The second kappa shape index (κ2) is 16.5. The fraction of sp³-hybridized carbons (Fsp3) is 0.350. The monoisotopic (exact) mass is 1040 g/mol. The van der Waals surface area contributed by atoms with Crippen LogP contribution in [0.4, 0.5) is 0 Å². The van der Waals surface area contributed by atoms with Crippen LogP contribution in [0, 0.1) is 194 Å². The van der Waals surface area contributed by atoms with E-state index in [9.17, 15) is 0 Å². The number of fused-ring (bicyclic) bond motifs is 12. The Morgan fingerprint density at radius 3 is 0.237 bits per heavy atom. The second-order valence-corrected chi connectivity index (χ2v) is 26.5. The van der Waals surface area contributed by atoms with E-state index in [4.69, 9.17) is 0 Å². The molecule has 0 heterocycles. The molecule has 14 aromatic rings. The highest BCUT2D eigenvalue weighted by Gasteiger charge is 2.33. The van der Waals surface area contributed by atoms with Crippen molar-refractivity contribution in [1.82, 2.24) is 0 Å². The average Bonchev–Trinajstić information content (AvgIpc) is 3.30. The molecule has 80 heavy (non-hydrogen) atoms. The molecule has 14 aromatic carbocycles. The van der Waals surface area contributed by atoms with E-state index < -0.39 is 0 Å². The molecule has 0 atom stereocenters. The number of benzene rings is 10. The highest BCUT2D eigenvalue weighted by Crippen LogP contribution is 2.58. The van der Waals surface area contributed by atoms with Crippen molar-refractivity contribution >= 4 is 129 Å². The molecule has 0 heteroatoms. The summed E-state index contributed by atoms with van der Waals surface area (Å²) in [5, 5.41) is 35.9. The van der Waals surface area contributed by atoms with Gasteiger partial charge in [-0.25, -0.2) is 0 Å². The van der Waals surface area contributed by atoms with Gasteiger partial charge in [0.1, 0.15) is 0 Å². The summed E-state index contributed by atoms with van der Waals surface area (Å²) in [6.45, 7) is 66.1. The third kappa shape index (κ3) is 5.66. The normalized spacial score (nSPS) is 12.8. The van der Waals surface area contributed by atoms with E-state index in [0.717, 1.165) is 0 Å². The first-order valence-electron chi connectivity index (χ1n) is 30.0. The minimum Gasteiger partial charge on any atom is -0.0440 e. The van der Waals surface area contributed by atoms with E-state index >= 15 is 0 Å². The number of aryl methyl sites for hydroxylation is 20. The smallest absolute Gasteiger partial charge is 0.00151 e. The van der Waals surface area contributed by atoms with Gasteiger partial charge >= 0.3 is 0 Å². The van der Waals surface area contributed by atoms with E-state index in [1.54, 1.807) is 0 Å². The lowest BCUT2D eigenvalue weighted by atomic mass is 9.86. The maximum atomic E-state index is 2.43. The SMILES string of the molecule is Cc1c(C)c2c(C)c(C)c(C)c3c4c(C)c5c(c(C)c4c(c1C)c23)c1c(C)c(C)c(C)c2c(C)c(C)c(C)c5c21.Cc1c(C)c2c(C)c(C)c(C)c3c4c(C)c5c(c(C)c4c(c1C)c23)c1c(C)c(C)c(C)c2c(C)c(C)c(C)c5c21. The van der Waals surface area contributed by atoms with Crippen LogP contribution in [0.5, 0.6) is 0 Å². The first kappa shape index (κ1) is 52.6. The maximum Gasteiger partial charge on any atom is -0.00151 e. The molecule has 0 amide bonds. The molecule has 0 fully saturated rings. The van der Waals surface area contributed by atoms with E-state index in [2.05, 4.69) is 194 Å². The fourth-order valence-electron chi connectivity index (χ4n) is 17.9. The van der Waals surface area contributed by atoms with Crippen molar-refractivity contribution in [3.63, 3.8) is 0 Å². The van der Waals surface area contributed by atoms with Crippen LogP contribution in [0.3, 0.4) is 0 Å². The van der Waals surface area contributed by atoms with Crippen LogP contribution in [0.2, 0.25) is 0 Å². The summed E-state index contributed by atoms with van der Waals surface area (Å²) >= 11 is 0. The third-order valence-corrected chi connectivity index (χ3v) is 24.0. The molecule has 0 aliphatic carbocycles. The van der Waals surface area contributed by atoms with Crippen molar-refractivity contribution in [2.45, 2.75) is 194 Å². The minimum atomic E-state index is 1.44. The van der Waals surface area contributed by atoms with Crippen LogP contribution in [-0.4, -0.2) is 0 Å². The maximum absolute atomic E-state index is 2.43. The molecule has 0 unspecified atom stereocenters. The predicted molar refractivity (Wildman–Crippen MR) is 360 cm³/mol. The minimum absolute atomic E-state index is 1.44. The van der Waals surface area contributed by atoms with Gasteiger partial charge in [0.05, 0.1) is 0 Å². The van der Waals surface area contributed by atoms with Crippen molar-refractivity contribution in [3.05, 3.63) is 156 Å². The van der Waals surface area contributed by atoms with Gasteiger partial charge in [-0.1, -0.05) is 0 Å². The van der Waals surface area contributed by atoms with Crippen LogP contribution in [0.15, 0.2) is 0 Å². The molecule has 0 N–H and O–H groups in total. The Morgan fingerprint density at radius 1 is 0.0625 bits per heavy atom. The summed E-state index contributed by atoms with van der Waals surface area (Å²) in [4.78, 5) is 0. The van der Waals surface area contributed by atoms with E-state index in [-0.39, 0.29) is 0 Å². The van der Waals surface area contributed by atoms with E-state index in [1.807, 2.05) is 0 Å². The van der Waals surface area contributed by atoms with Gasteiger partial charge in [-0.3, -0.25) is 0 Å². The topological polar surface area (TPSA) is 0 Å². The second-order valence-electron chi connectivity index (χ2n) is 26.5. The standard InChI is InChI=1S/2C40H42/c2*1-15-19(5)29-20(6)16(2)24(10)32-36-28(14)38-34-26(12)18(4)22(8)30-21(7)17(3)25(11)33(40(30)34)37(38)27(13)35(36)31(23(15)9)39(29)32/h2*1-14H3. The highest BCUT2D eigenvalue weighted by molar-refractivity contribution is 6.44. The summed E-state index contributed by atoms with van der Waals surface area (Å²) in [5.41, 5.74) is 40.7. The van der Waals surface area contributed by atoms with Gasteiger partial charge in [0.25, 0.3) is 0 Å². The summed E-state index contributed by atoms with van der Waals surface area (Å²) < 4.78 is 0. The van der Waals surface area contributed by atoms with Crippen molar-refractivity contribution in [3.8, 4) is 0 Å². The highest BCUT2D eigenvalue weighted by atomic mass is 14.4. The summed E-state index contributed by atoms with van der Waals surface area (Å²) in [6.07, 6.45) is 0. The largest absolute Gasteiger partial charge is 0.0440 e. The van der Waals surface area contributed by atoms with Crippen LogP contribution >= 0.6 is 0 Å². The average molecular weight is 1050 g/mol. The molecule has 0 nitrogen and oxygen atoms in total. The van der Waals surface area contributed by atoms with Crippen molar-refractivity contribution in [2.24, 2.45) is 0 Å². The summed E-state index contributed by atoms with van der Waals surface area (Å²) in [6, 6.07) is 0. The molecule has 0 saturated heterocycles. The molecule has 0 radical (unpaired) electrons. The Morgan fingerprint density at radius 2 is 0.138 bits per heavy atom. The van der Waals surface area contributed by atoms with Gasteiger partial charge in [-0.2, -0.15) is 0 Å². The number of hydrogen-bond acceptors (Lipinski definition) is 0. The van der Waals surface area contributed by atoms with Gasteiger partial charge in [0, 0.05) is 0 Å². The molecule has 0 aliphatic heterocycles. The zero-order chi connectivity index (χ0) is 58.0. The molecule has 404 valence electrons. The lowest BCUT2D eigenvalue weighted by Crippen LogP contribution is -1.96. The van der Waals surface area contributed by atoms with Crippen molar-refractivity contribution in [2.75, 3.05) is 0 Å². The zero-order valence-corrected chi connectivity index (χ0v) is 54.0. The van der Waals surface area contributed by atoms with Crippen LogP contribution in [0.25, 0.3) is 129 Å². The van der Waals surface area contributed by atoms with E-state index in [1.165, 1.54) is 285 Å². The fourth-order valence-corrected chi connectivity index (χ4v) is 17.9. The number of hydrogen-bond donors (Lipinski definition) is 0. The molecule has 0 bridgehead atoms. The number of rotatable bonds is 0. The third-order valence-electron chi connectivity index (χ3n) is 24.0. The molecule has 0 aromatic heterocycles. The van der Waals surface area contributed by atoms with E-state index in [0.29, 0.717) is 0 Å². The van der Waals surface area contributed by atoms with Gasteiger partial charge in [0.15, 0.2) is 0 Å². The zero-order valence-electron chi connectivity index (χ0n) is 54.0. The lowest BCUT2D eigenvalue weighted by Gasteiger charge is -2.18. The Kier molecular flexibility index (Phi) is 10.8. The Balaban J connectivity index is 0.000000151. The molecule has 0 spiro atoms. The first-order valence-corrected chi connectivity index (χ1v) is 30.0. The molecular weight excluding hydrogens is 961 g/mol. The molecule has 0 saturated carbocycles. The molecule has 0 aliphatic rings. The lowest BCUT2D eigenvalue weighted by molar-refractivity contribution is 1.28. The van der Waals surface area contributed by atoms with Crippen molar-refractivity contribution in [1.29, 1.82) is 0 Å². The molecular formula is C80H84. The predicted octanol–water partition coefficient (Wildman–Crippen LogP) is 23.6. The van der Waals surface area contributed by atoms with Crippen molar-refractivity contribution < 1.29 is 0 Å². The Labute approximate surface area is 476 Å². The van der Waals surface area contributed by atoms with Gasteiger partial charge in [-0.05, 0) is 479 Å². The molecule has 14 rings (SSSR count). The van der Waals surface area contributed by atoms with Gasteiger partial charge < -0.3 is 0 Å². The summed E-state index contributed by atoms with van der Waals surface area (Å²) in [5.74, 6) is 0. The Hall–Kier alpha value is -6.76. The van der Waals surface area contributed by atoms with Crippen LogP contribution in [-0.2, 0) is 0 Å². The summed E-state index contributed by atoms with van der Waals surface area (Å²) in [7, 11) is 0. The van der Waals surface area contributed by atoms with Gasteiger partial charge in [0.2, 0.25) is 0 Å². The quantitative estimate of drug-likeness (QED) is 0.142. The van der Waals surface area contributed by atoms with Crippen LogP contribution < -0.4 is 0 Å².